The molecule has 1 aromatic rings. The average Bonchev–Trinajstić information content (AvgIpc) is 2.47. The fraction of sp³-hybridized carbons (Fsp3) is 0.500. The predicted molar refractivity (Wildman–Crippen MR) is 34.6 cm³/mol. The number of nitrogens with one attached hydrogen (secondary N) is 1. The Morgan fingerprint density at radius 1 is 1.20 bits per heavy atom. The minimum atomic E-state index is -5.03. The number of hydrogen-bond donors (Lipinski definition) is 2. The van der Waals surface area contributed by atoms with Crippen LogP contribution in [0.3, 0.4) is 0 Å². The normalized spacial score (nSPS) is 15.4. The largest absolute Gasteiger partial charge is 0.435 e. The van der Waals surface area contributed by atoms with Crippen LogP contribution in [-0.4, -0.2) is 21.5 Å². The Balaban J connectivity index is 2.95. The van der Waals surface area contributed by atoms with E-state index in [2.05, 4.69) is 5.10 Å². The first-order chi connectivity index (χ1) is 6.62. The summed E-state index contributed by atoms with van der Waals surface area (Å²) < 4.78 is 71.3. The summed E-state index contributed by atoms with van der Waals surface area (Å²) in [4.78, 5) is 0. The quantitative estimate of drug-likeness (QED) is 0.730. The topological polar surface area (TPSA) is 48.9 Å². The zero-order valence-corrected chi connectivity index (χ0v) is 6.82. The number of aromatic nitrogens is 2. The van der Waals surface area contributed by atoms with Crippen molar-refractivity contribution < 1.29 is 31.4 Å². The second-order valence-electron chi connectivity index (χ2n) is 2.65. The molecule has 9 heteroatoms. The standard InChI is InChI=1S/C6H4F6N2O/c7-5(8,9)3-1-2(13-14-3)4(15)6(10,11)12/h1,4,15H,(H,13,14). The van der Waals surface area contributed by atoms with Gasteiger partial charge in [-0.15, -0.1) is 0 Å². The van der Waals surface area contributed by atoms with Gasteiger partial charge in [-0.05, 0) is 6.07 Å². The molecule has 0 aliphatic carbocycles. The third-order valence-electron chi connectivity index (χ3n) is 1.49. The smallest absolute Gasteiger partial charge is 0.378 e. The van der Waals surface area contributed by atoms with Crippen molar-refractivity contribution in [3.8, 4) is 0 Å². The van der Waals surface area contributed by atoms with Gasteiger partial charge in [-0.3, -0.25) is 5.10 Å². The molecule has 0 saturated carbocycles. The molecule has 0 aliphatic heterocycles. The molecule has 2 N–H and O–H groups in total. The maximum atomic E-state index is 11.9. The minimum absolute atomic E-state index is 0.109. The number of aliphatic hydroxyl groups excluding tert-OH is 1. The summed E-state index contributed by atoms with van der Waals surface area (Å²) in [6.45, 7) is 0. The van der Waals surface area contributed by atoms with Gasteiger partial charge in [-0.2, -0.15) is 31.4 Å². The van der Waals surface area contributed by atoms with Gasteiger partial charge in [0.05, 0.1) is 5.69 Å². The highest BCUT2D eigenvalue weighted by molar-refractivity contribution is 5.14. The van der Waals surface area contributed by atoms with Crippen LogP contribution in [0.2, 0.25) is 0 Å². The molecule has 1 atom stereocenters. The van der Waals surface area contributed by atoms with E-state index in [1.807, 2.05) is 0 Å². The number of hydrogen-bond acceptors (Lipinski definition) is 2. The second kappa shape index (κ2) is 3.40. The van der Waals surface area contributed by atoms with E-state index in [4.69, 9.17) is 5.11 Å². The minimum Gasteiger partial charge on any atom is -0.378 e. The number of nitrogens with zero attached hydrogens (tertiary/aromatic N) is 1. The summed E-state index contributed by atoms with van der Waals surface area (Å²) in [5.74, 6) is 0. The van der Waals surface area contributed by atoms with E-state index < -0.39 is 29.8 Å². The Hall–Kier alpha value is -1.25. The molecule has 0 aliphatic rings. The summed E-state index contributed by atoms with van der Waals surface area (Å²) >= 11 is 0. The van der Waals surface area contributed by atoms with Crippen molar-refractivity contribution in [3.63, 3.8) is 0 Å². The lowest BCUT2D eigenvalue weighted by molar-refractivity contribution is -0.208. The number of rotatable bonds is 1. The zero-order chi connectivity index (χ0) is 11.9. The molecule has 1 aromatic heterocycles. The van der Waals surface area contributed by atoms with E-state index >= 15 is 0 Å². The van der Waals surface area contributed by atoms with Crippen molar-refractivity contribution in [3.05, 3.63) is 17.5 Å². The number of H-pyrrole nitrogens is 1. The number of halogens is 6. The van der Waals surface area contributed by atoms with Gasteiger partial charge < -0.3 is 5.11 Å². The van der Waals surface area contributed by atoms with Gasteiger partial charge in [0, 0.05) is 0 Å². The zero-order valence-electron chi connectivity index (χ0n) is 6.82. The van der Waals surface area contributed by atoms with Crippen molar-refractivity contribution in [2.24, 2.45) is 0 Å². The molecule has 1 rings (SSSR count). The summed E-state index contributed by atoms with van der Waals surface area (Å²) in [6, 6.07) is 0.109. The van der Waals surface area contributed by atoms with Gasteiger partial charge in [-0.25, -0.2) is 0 Å². The molecule has 0 spiro atoms. The van der Waals surface area contributed by atoms with Crippen LogP contribution in [0.4, 0.5) is 26.3 Å². The third-order valence-corrected chi connectivity index (χ3v) is 1.49. The van der Waals surface area contributed by atoms with Gasteiger partial charge in [0.2, 0.25) is 0 Å². The predicted octanol–water partition coefficient (Wildman–Crippen LogP) is 2.02. The van der Waals surface area contributed by atoms with Crippen LogP contribution < -0.4 is 0 Å². The molecule has 0 aromatic carbocycles. The molecule has 0 fully saturated rings. The Bertz CT molecular complexity index is 340. The molecular weight excluding hydrogens is 230 g/mol. The van der Waals surface area contributed by atoms with Gasteiger partial charge in [0.15, 0.2) is 11.8 Å². The van der Waals surface area contributed by atoms with Crippen molar-refractivity contribution >= 4 is 0 Å². The lowest BCUT2D eigenvalue weighted by Crippen LogP contribution is -2.20. The maximum absolute atomic E-state index is 11.9. The monoisotopic (exact) mass is 234 g/mol. The van der Waals surface area contributed by atoms with Crippen molar-refractivity contribution in [2.45, 2.75) is 18.5 Å². The molecule has 0 radical (unpaired) electrons. The lowest BCUT2D eigenvalue weighted by Gasteiger charge is -2.11. The summed E-state index contributed by atoms with van der Waals surface area (Å²) in [7, 11) is 0. The highest BCUT2D eigenvalue weighted by atomic mass is 19.4. The van der Waals surface area contributed by atoms with Crippen molar-refractivity contribution in [1.82, 2.24) is 10.2 Å². The Morgan fingerprint density at radius 3 is 2.07 bits per heavy atom. The van der Waals surface area contributed by atoms with Gasteiger partial charge in [0.1, 0.15) is 0 Å². The molecule has 0 bridgehead atoms. The van der Waals surface area contributed by atoms with Crippen molar-refractivity contribution in [1.29, 1.82) is 0 Å². The molecular formula is C6H4F6N2O. The van der Waals surface area contributed by atoms with Crippen LogP contribution in [0.1, 0.15) is 17.5 Å². The fourth-order valence-corrected chi connectivity index (χ4v) is 0.798. The van der Waals surface area contributed by atoms with E-state index in [9.17, 15) is 26.3 Å². The van der Waals surface area contributed by atoms with E-state index in [0.29, 0.717) is 0 Å². The first kappa shape index (κ1) is 11.8. The summed E-state index contributed by atoms with van der Waals surface area (Å²) in [5, 5.41) is 12.7. The lowest BCUT2D eigenvalue weighted by atomic mass is 10.2. The third kappa shape index (κ3) is 2.61. The van der Waals surface area contributed by atoms with E-state index in [1.165, 1.54) is 5.10 Å². The molecule has 86 valence electrons. The molecule has 1 unspecified atom stereocenters. The van der Waals surface area contributed by atoms with Crippen molar-refractivity contribution in [2.75, 3.05) is 0 Å². The SMILES string of the molecule is OC(c1cc(C(F)(F)F)n[nH]1)C(F)(F)F. The maximum Gasteiger partial charge on any atom is 0.435 e. The molecule has 0 amide bonds. The van der Waals surface area contributed by atoms with Gasteiger partial charge >= 0.3 is 12.4 Å². The van der Waals surface area contributed by atoms with Gasteiger partial charge in [-0.1, -0.05) is 0 Å². The number of alkyl halides is 6. The molecule has 1 heterocycles. The average molecular weight is 234 g/mol. The Labute approximate surface area is 78.7 Å². The van der Waals surface area contributed by atoms with E-state index in [0.717, 1.165) is 0 Å². The Kier molecular flexibility index (Phi) is 2.68. The van der Waals surface area contributed by atoms with Crippen LogP contribution in [0.25, 0.3) is 0 Å². The number of aliphatic hydroxyl groups is 1. The van der Waals surface area contributed by atoms with Gasteiger partial charge in [0.25, 0.3) is 0 Å². The molecule has 0 saturated heterocycles. The van der Waals surface area contributed by atoms with Crippen LogP contribution in [0.15, 0.2) is 6.07 Å². The molecule has 15 heavy (non-hydrogen) atoms. The van der Waals surface area contributed by atoms with Crippen LogP contribution in [0, 0.1) is 0 Å². The van der Waals surface area contributed by atoms with Crippen LogP contribution in [-0.2, 0) is 6.18 Å². The molecule has 3 nitrogen and oxygen atoms in total. The van der Waals surface area contributed by atoms with Crippen LogP contribution in [0.5, 0.6) is 0 Å². The fourth-order valence-electron chi connectivity index (χ4n) is 0.798. The summed E-state index contributed by atoms with van der Waals surface area (Å²) in [5.41, 5.74) is -2.56. The van der Waals surface area contributed by atoms with E-state index in [1.54, 1.807) is 0 Å². The second-order valence-corrected chi connectivity index (χ2v) is 2.65. The van der Waals surface area contributed by atoms with Crippen LogP contribution >= 0.6 is 0 Å². The number of aromatic amines is 1. The first-order valence-electron chi connectivity index (χ1n) is 3.49. The highest BCUT2D eigenvalue weighted by Crippen LogP contribution is 2.34. The Morgan fingerprint density at radius 2 is 1.73 bits per heavy atom. The first-order valence-corrected chi connectivity index (χ1v) is 3.49. The highest BCUT2D eigenvalue weighted by Gasteiger charge is 2.42. The van der Waals surface area contributed by atoms with E-state index in [-0.39, 0.29) is 6.07 Å². The summed E-state index contributed by atoms with van der Waals surface area (Å²) in [6.07, 6.45) is -12.9.